The first-order valence-electron chi connectivity index (χ1n) is 6.74. The molecule has 0 bridgehead atoms. The second-order valence-electron chi connectivity index (χ2n) is 5.60. The lowest BCUT2D eigenvalue weighted by molar-refractivity contribution is 0.104. The molecule has 0 spiro atoms. The van der Waals surface area contributed by atoms with E-state index >= 15 is 0 Å². The molecule has 1 fully saturated rings. The molecule has 18 heavy (non-hydrogen) atoms. The molecule has 0 unspecified atom stereocenters. The molecule has 3 heteroatoms. The van der Waals surface area contributed by atoms with Gasteiger partial charge in [0.15, 0.2) is 0 Å². The molecule has 1 aliphatic rings. The Balaban J connectivity index is 1.95. The molecule has 0 aromatic heterocycles. The van der Waals surface area contributed by atoms with Gasteiger partial charge in [-0.25, -0.2) is 0 Å². The van der Waals surface area contributed by atoms with Gasteiger partial charge in [0.25, 0.3) is 0 Å². The van der Waals surface area contributed by atoms with Crippen LogP contribution >= 0.6 is 15.9 Å². The third-order valence-electron chi connectivity index (χ3n) is 4.09. The fourth-order valence-electron chi connectivity index (χ4n) is 2.64. The number of aliphatic hydroxyl groups is 1. The normalized spacial score (nSPS) is 28.3. The lowest BCUT2D eigenvalue weighted by atomic mass is 9.77. The van der Waals surface area contributed by atoms with Gasteiger partial charge in [0.2, 0.25) is 0 Å². The number of nitrogens with one attached hydrogen (secondary N) is 1. The van der Waals surface area contributed by atoms with E-state index in [2.05, 4.69) is 46.4 Å². The molecular formula is C15H22BrNO. The number of rotatable bonds is 4. The van der Waals surface area contributed by atoms with Crippen LogP contribution in [0.15, 0.2) is 28.7 Å². The highest BCUT2D eigenvalue weighted by Crippen LogP contribution is 2.31. The second kappa shape index (κ2) is 6.18. The summed E-state index contributed by atoms with van der Waals surface area (Å²) in [6.07, 6.45) is 4.59. The van der Waals surface area contributed by atoms with E-state index < -0.39 is 0 Å². The largest absolute Gasteiger partial charge is 0.394 e. The van der Waals surface area contributed by atoms with Crippen molar-refractivity contribution >= 4 is 15.9 Å². The van der Waals surface area contributed by atoms with E-state index in [0.29, 0.717) is 0 Å². The fraction of sp³-hybridized carbons (Fsp3) is 0.600. The van der Waals surface area contributed by atoms with Crippen LogP contribution in [0.3, 0.4) is 0 Å². The zero-order valence-corrected chi connectivity index (χ0v) is 12.5. The first-order chi connectivity index (χ1) is 8.63. The standard InChI is InChI=1S/C15H22BrNO/c1-12-5-7-15(11-18,8-6-12)17-10-13-3-2-4-14(16)9-13/h2-4,9,12,17-18H,5-8,10-11H2,1H3. The van der Waals surface area contributed by atoms with E-state index in [0.717, 1.165) is 29.8 Å². The van der Waals surface area contributed by atoms with Crippen molar-refractivity contribution in [2.45, 2.75) is 44.7 Å². The Bertz CT molecular complexity index is 386. The second-order valence-corrected chi connectivity index (χ2v) is 6.52. The topological polar surface area (TPSA) is 32.3 Å². The maximum Gasteiger partial charge on any atom is 0.0613 e. The summed E-state index contributed by atoms with van der Waals surface area (Å²) in [5.41, 5.74) is 1.20. The van der Waals surface area contributed by atoms with Gasteiger partial charge in [0.1, 0.15) is 0 Å². The van der Waals surface area contributed by atoms with Crippen LogP contribution in [0.4, 0.5) is 0 Å². The zero-order valence-electron chi connectivity index (χ0n) is 11.0. The number of halogens is 1. The summed E-state index contributed by atoms with van der Waals surface area (Å²) >= 11 is 3.49. The van der Waals surface area contributed by atoms with Crippen molar-refractivity contribution < 1.29 is 5.11 Å². The molecular weight excluding hydrogens is 290 g/mol. The average Bonchev–Trinajstić information content (AvgIpc) is 2.39. The van der Waals surface area contributed by atoms with E-state index in [4.69, 9.17) is 0 Å². The van der Waals surface area contributed by atoms with Crippen LogP contribution in [0.25, 0.3) is 0 Å². The van der Waals surface area contributed by atoms with Crippen molar-refractivity contribution in [2.75, 3.05) is 6.61 Å². The average molecular weight is 312 g/mol. The van der Waals surface area contributed by atoms with Gasteiger partial charge in [-0.15, -0.1) is 0 Å². The lowest BCUT2D eigenvalue weighted by Gasteiger charge is -2.39. The monoisotopic (exact) mass is 311 g/mol. The van der Waals surface area contributed by atoms with E-state index in [1.807, 2.05) is 6.07 Å². The maximum absolute atomic E-state index is 9.69. The van der Waals surface area contributed by atoms with Crippen molar-refractivity contribution in [3.63, 3.8) is 0 Å². The van der Waals surface area contributed by atoms with Crippen molar-refractivity contribution in [3.8, 4) is 0 Å². The SMILES string of the molecule is CC1CCC(CO)(NCc2cccc(Br)c2)CC1. The van der Waals surface area contributed by atoms with E-state index in [9.17, 15) is 5.11 Å². The smallest absolute Gasteiger partial charge is 0.0613 e. The number of aliphatic hydroxyl groups excluding tert-OH is 1. The van der Waals surface area contributed by atoms with Crippen LogP contribution in [0.5, 0.6) is 0 Å². The Hall–Kier alpha value is -0.380. The molecule has 1 saturated carbocycles. The first kappa shape index (κ1) is 14.0. The van der Waals surface area contributed by atoms with Gasteiger partial charge in [-0.05, 0) is 49.3 Å². The van der Waals surface area contributed by atoms with Gasteiger partial charge in [-0.1, -0.05) is 35.0 Å². The Morgan fingerprint density at radius 3 is 2.72 bits per heavy atom. The Labute approximate surface area is 118 Å². The van der Waals surface area contributed by atoms with Crippen LogP contribution in [-0.4, -0.2) is 17.3 Å². The highest BCUT2D eigenvalue weighted by molar-refractivity contribution is 9.10. The van der Waals surface area contributed by atoms with Gasteiger partial charge < -0.3 is 10.4 Å². The van der Waals surface area contributed by atoms with Crippen LogP contribution in [0.2, 0.25) is 0 Å². The molecule has 2 N–H and O–H groups in total. The Morgan fingerprint density at radius 1 is 1.39 bits per heavy atom. The molecule has 100 valence electrons. The molecule has 2 rings (SSSR count). The predicted octanol–water partition coefficient (Wildman–Crippen LogP) is 3.48. The minimum Gasteiger partial charge on any atom is -0.394 e. The van der Waals surface area contributed by atoms with Gasteiger partial charge in [0, 0.05) is 16.6 Å². The predicted molar refractivity (Wildman–Crippen MR) is 78.4 cm³/mol. The van der Waals surface area contributed by atoms with Crippen LogP contribution in [0, 0.1) is 5.92 Å². The first-order valence-corrected chi connectivity index (χ1v) is 7.53. The van der Waals surface area contributed by atoms with Crippen molar-refractivity contribution in [2.24, 2.45) is 5.92 Å². The van der Waals surface area contributed by atoms with E-state index in [1.165, 1.54) is 18.4 Å². The summed E-state index contributed by atoms with van der Waals surface area (Å²) in [4.78, 5) is 0. The molecule has 0 aliphatic heterocycles. The highest BCUT2D eigenvalue weighted by atomic mass is 79.9. The molecule has 0 saturated heterocycles. The molecule has 0 amide bonds. The molecule has 2 nitrogen and oxygen atoms in total. The summed E-state index contributed by atoms with van der Waals surface area (Å²) in [6.45, 7) is 3.37. The van der Waals surface area contributed by atoms with Crippen LogP contribution < -0.4 is 5.32 Å². The molecule has 0 radical (unpaired) electrons. The minimum atomic E-state index is -0.0607. The third kappa shape index (κ3) is 3.56. The molecule has 0 atom stereocenters. The summed E-state index contributed by atoms with van der Waals surface area (Å²) in [5.74, 6) is 0.803. The summed E-state index contributed by atoms with van der Waals surface area (Å²) < 4.78 is 1.11. The van der Waals surface area contributed by atoms with Crippen molar-refractivity contribution in [1.29, 1.82) is 0 Å². The van der Waals surface area contributed by atoms with Gasteiger partial charge in [-0.2, -0.15) is 0 Å². The maximum atomic E-state index is 9.69. The van der Waals surface area contributed by atoms with Gasteiger partial charge in [0.05, 0.1) is 6.61 Å². The van der Waals surface area contributed by atoms with Crippen molar-refractivity contribution in [3.05, 3.63) is 34.3 Å². The Kier molecular flexibility index (Phi) is 4.82. The van der Waals surface area contributed by atoms with E-state index in [1.54, 1.807) is 0 Å². The van der Waals surface area contributed by atoms with Crippen molar-refractivity contribution in [1.82, 2.24) is 5.32 Å². The quantitative estimate of drug-likeness (QED) is 0.892. The molecule has 1 aliphatic carbocycles. The number of hydrogen-bond acceptors (Lipinski definition) is 2. The summed E-state index contributed by atoms with van der Waals surface area (Å²) in [6, 6.07) is 8.33. The Morgan fingerprint density at radius 2 is 2.11 bits per heavy atom. The zero-order chi connectivity index (χ0) is 13.0. The lowest BCUT2D eigenvalue weighted by Crippen LogP contribution is -2.50. The molecule has 1 aromatic rings. The van der Waals surface area contributed by atoms with Gasteiger partial charge in [-0.3, -0.25) is 0 Å². The summed E-state index contributed by atoms with van der Waals surface area (Å²) in [5, 5.41) is 13.3. The third-order valence-corrected chi connectivity index (χ3v) is 4.58. The van der Waals surface area contributed by atoms with Crippen LogP contribution in [-0.2, 0) is 6.54 Å². The van der Waals surface area contributed by atoms with E-state index in [-0.39, 0.29) is 12.1 Å². The highest BCUT2D eigenvalue weighted by Gasteiger charge is 2.32. The summed E-state index contributed by atoms with van der Waals surface area (Å²) in [7, 11) is 0. The minimum absolute atomic E-state index is 0.0607. The number of hydrogen-bond donors (Lipinski definition) is 2. The van der Waals surface area contributed by atoms with Gasteiger partial charge >= 0.3 is 0 Å². The molecule has 1 aromatic carbocycles. The molecule has 0 heterocycles. The van der Waals surface area contributed by atoms with Crippen LogP contribution in [0.1, 0.15) is 38.2 Å². The fourth-order valence-corrected chi connectivity index (χ4v) is 3.09. The number of benzene rings is 1.